The molecule has 0 saturated carbocycles. The van der Waals surface area contributed by atoms with Crippen molar-refractivity contribution in [2.24, 2.45) is 0 Å². The Morgan fingerprint density at radius 3 is 2.46 bits per heavy atom. The molecule has 1 saturated heterocycles. The number of hydrogen-bond donors (Lipinski definition) is 1. The molecular weight excluding hydrogens is 350 g/mol. The zero-order chi connectivity index (χ0) is 18.4. The Kier molecular flexibility index (Phi) is 5.80. The van der Waals surface area contributed by atoms with Crippen LogP contribution in [0.15, 0.2) is 59.8 Å². The number of hydrogen-bond acceptors (Lipinski definition) is 4. The average molecular weight is 371 g/mol. The summed E-state index contributed by atoms with van der Waals surface area (Å²) in [6.45, 7) is 1.14. The zero-order valence-corrected chi connectivity index (χ0v) is 15.2. The van der Waals surface area contributed by atoms with E-state index in [4.69, 9.17) is 0 Å². The maximum atomic E-state index is 12.6. The van der Waals surface area contributed by atoms with E-state index in [1.807, 2.05) is 6.07 Å². The number of benzene rings is 1. The number of pyridine rings is 1. The fraction of sp³-hybridized carbons (Fsp3) is 0.263. The molecule has 0 radical (unpaired) electrons. The quantitative estimate of drug-likeness (QED) is 0.820. The van der Waals surface area contributed by atoms with Crippen molar-refractivity contribution in [3.8, 4) is 0 Å². The second kappa shape index (κ2) is 8.25. The minimum absolute atomic E-state index is 0.253. The van der Waals surface area contributed by atoms with E-state index in [-0.39, 0.29) is 10.8 Å². The van der Waals surface area contributed by atoms with Crippen molar-refractivity contribution in [3.63, 3.8) is 0 Å². The van der Waals surface area contributed by atoms with E-state index in [1.165, 1.54) is 22.5 Å². The maximum Gasteiger partial charge on any atom is 0.248 e. The first-order chi connectivity index (χ1) is 12.6. The lowest BCUT2D eigenvalue weighted by molar-refractivity contribution is -0.111. The highest BCUT2D eigenvalue weighted by Crippen LogP contribution is 2.22. The summed E-state index contributed by atoms with van der Waals surface area (Å²) in [6, 6.07) is 9.91. The monoisotopic (exact) mass is 371 g/mol. The van der Waals surface area contributed by atoms with Gasteiger partial charge in [-0.2, -0.15) is 4.31 Å². The van der Waals surface area contributed by atoms with Crippen molar-refractivity contribution in [2.45, 2.75) is 24.2 Å². The lowest BCUT2D eigenvalue weighted by Gasteiger charge is -2.25. The molecule has 2 aromatic rings. The first-order valence-corrected chi connectivity index (χ1v) is 9.99. The number of anilines is 1. The summed E-state index contributed by atoms with van der Waals surface area (Å²) in [5, 5.41) is 2.72. The van der Waals surface area contributed by atoms with Crippen LogP contribution in [0.25, 0.3) is 6.08 Å². The van der Waals surface area contributed by atoms with Crippen LogP contribution in [0.5, 0.6) is 0 Å². The molecule has 136 valence electrons. The zero-order valence-electron chi connectivity index (χ0n) is 14.3. The van der Waals surface area contributed by atoms with Crippen LogP contribution in [0.2, 0.25) is 0 Å². The van der Waals surface area contributed by atoms with Crippen LogP contribution in [0, 0.1) is 0 Å². The van der Waals surface area contributed by atoms with Gasteiger partial charge in [-0.3, -0.25) is 9.78 Å². The van der Waals surface area contributed by atoms with Gasteiger partial charge in [-0.25, -0.2) is 8.42 Å². The predicted molar refractivity (Wildman–Crippen MR) is 101 cm³/mol. The molecule has 6 nitrogen and oxygen atoms in total. The molecule has 0 atom stereocenters. The topological polar surface area (TPSA) is 79.4 Å². The Morgan fingerprint density at radius 1 is 1.08 bits per heavy atom. The maximum absolute atomic E-state index is 12.6. The number of rotatable bonds is 5. The molecule has 0 bridgehead atoms. The van der Waals surface area contributed by atoms with Crippen LogP contribution >= 0.6 is 0 Å². The summed E-state index contributed by atoms with van der Waals surface area (Å²) in [7, 11) is -3.45. The van der Waals surface area contributed by atoms with E-state index in [0.29, 0.717) is 18.8 Å². The first kappa shape index (κ1) is 18.3. The van der Waals surface area contributed by atoms with Crippen molar-refractivity contribution in [2.75, 3.05) is 18.4 Å². The number of carbonyl (C=O) groups is 1. The van der Waals surface area contributed by atoms with Gasteiger partial charge < -0.3 is 5.32 Å². The Hall–Kier alpha value is -2.51. The molecule has 1 fully saturated rings. The Labute approximate surface area is 153 Å². The van der Waals surface area contributed by atoms with Crippen LogP contribution < -0.4 is 5.32 Å². The molecule has 1 amide bonds. The van der Waals surface area contributed by atoms with Gasteiger partial charge in [0.2, 0.25) is 15.9 Å². The molecule has 0 aliphatic carbocycles. The van der Waals surface area contributed by atoms with Crippen molar-refractivity contribution >= 4 is 27.7 Å². The molecule has 1 aromatic heterocycles. The van der Waals surface area contributed by atoms with E-state index < -0.39 is 10.0 Å². The van der Waals surface area contributed by atoms with Gasteiger partial charge >= 0.3 is 0 Å². The summed E-state index contributed by atoms with van der Waals surface area (Å²) in [5.41, 5.74) is 1.37. The lowest BCUT2D eigenvalue weighted by Crippen LogP contribution is -2.35. The third kappa shape index (κ3) is 4.56. The molecule has 1 aliphatic rings. The van der Waals surface area contributed by atoms with Crippen molar-refractivity contribution in [1.29, 1.82) is 0 Å². The molecule has 0 spiro atoms. The smallest absolute Gasteiger partial charge is 0.248 e. The summed E-state index contributed by atoms with van der Waals surface area (Å²) < 4.78 is 26.7. The van der Waals surface area contributed by atoms with E-state index in [1.54, 1.807) is 36.7 Å². The number of sulfonamides is 1. The Morgan fingerprint density at radius 2 is 1.81 bits per heavy atom. The SMILES string of the molecule is O=C(C=Cc1cccnc1)Nc1ccc(S(=O)(=O)N2CCCCC2)cc1. The number of aromatic nitrogens is 1. The van der Waals surface area contributed by atoms with Gasteiger partial charge in [0.15, 0.2) is 0 Å². The molecule has 26 heavy (non-hydrogen) atoms. The van der Waals surface area contributed by atoms with Crippen molar-refractivity contribution in [3.05, 3.63) is 60.4 Å². The summed E-state index contributed by atoms with van der Waals surface area (Å²) in [5.74, 6) is -0.291. The first-order valence-electron chi connectivity index (χ1n) is 8.55. The minimum atomic E-state index is -3.45. The molecule has 1 N–H and O–H groups in total. The van der Waals surface area contributed by atoms with Crippen LogP contribution in [0.4, 0.5) is 5.69 Å². The molecule has 1 aromatic carbocycles. The van der Waals surface area contributed by atoms with Gasteiger partial charge in [-0.15, -0.1) is 0 Å². The van der Waals surface area contributed by atoms with Crippen LogP contribution in [0.1, 0.15) is 24.8 Å². The van der Waals surface area contributed by atoms with Crippen molar-refractivity contribution in [1.82, 2.24) is 9.29 Å². The van der Waals surface area contributed by atoms with Gasteiger partial charge in [-0.05, 0) is 54.8 Å². The highest BCUT2D eigenvalue weighted by molar-refractivity contribution is 7.89. The summed E-state index contributed by atoms with van der Waals surface area (Å²) in [4.78, 5) is 16.2. The van der Waals surface area contributed by atoms with Crippen LogP contribution in [-0.4, -0.2) is 36.7 Å². The van der Waals surface area contributed by atoms with E-state index in [2.05, 4.69) is 10.3 Å². The van der Waals surface area contributed by atoms with Gasteiger partial charge in [0.05, 0.1) is 4.90 Å². The van der Waals surface area contributed by atoms with Crippen LogP contribution in [0.3, 0.4) is 0 Å². The van der Waals surface area contributed by atoms with Crippen LogP contribution in [-0.2, 0) is 14.8 Å². The highest BCUT2D eigenvalue weighted by atomic mass is 32.2. The number of nitrogens with zero attached hydrogens (tertiary/aromatic N) is 2. The number of amides is 1. The third-order valence-corrected chi connectivity index (χ3v) is 6.10. The standard InChI is InChI=1S/C19H21N3O3S/c23-19(11-6-16-5-4-12-20-15-16)21-17-7-9-18(10-8-17)26(24,25)22-13-2-1-3-14-22/h4-12,15H,1-3,13-14H2,(H,21,23). The minimum Gasteiger partial charge on any atom is -0.323 e. The van der Waals surface area contributed by atoms with E-state index in [9.17, 15) is 13.2 Å². The normalized spacial score (nSPS) is 15.8. The summed E-state index contributed by atoms with van der Waals surface area (Å²) in [6.07, 6.45) is 9.27. The molecule has 2 heterocycles. The average Bonchev–Trinajstić information content (AvgIpc) is 2.68. The van der Waals surface area contributed by atoms with E-state index in [0.717, 1.165) is 24.8 Å². The molecular formula is C19H21N3O3S. The fourth-order valence-electron chi connectivity index (χ4n) is 2.79. The molecule has 0 unspecified atom stereocenters. The number of carbonyl (C=O) groups excluding carboxylic acids is 1. The van der Waals surface area contributed by atoms with Gasteiger partial charge in [-0.1, -0.05) is 12.5 Å². The highest BCUT2D eigenvalue weighted by Gasteiger charge is 2.25. The fourth-order valence-corrected chi connectivity index (χ4v) is 4.31. The summed E-state index contributed by atoms with van der Waals surface area (Å²) >= 11 is 0. The molecule has 7 heteroatoms. The van der Waals surface area contributed by atoms with Crippen molar-refractivity contribution < 1.29 is 13.2 Å². The molecule has 3 rings (SSSR count). The largest absolute Gasteiger partial charge is 0.323 e. The Bertz CT molecular complexity index is 872. The third-order valence-electron chi connectivity index (χ3n) is 4.19. The number of nitrogens with one attached hydrogen (secondary N) is 1. The second-order valence-corrected chi connectivity index (χ2v) is 8.04. The Balaban J connectivity index is 1.64. The number of piperidine rings is 1. The molecule has 1 aliphatic heterocycles. The van der Waals surface area contributed by atoms with Gasteiger partial charge in [0.25, 0.3) is 0 Å². The van der Waals surface area contributed by atoms with Gasteiger partial charge in [0.1, 0.15) is 0 Å². The van der Waals surface area contributed by atoms with E-state index >= 15 is 0 Å². The van der Waals surface area contributed by atoms with Gasteiger partial charge in [0, 0.05) is 37.2 Å². The predicted octanol–water partition coefficient (Wildman–Crippen LogP) is 2.91. The second-order valence-electron chi connectivity index (χ2n) is 6.10. The lowest BCUT2D eigenvalue weighted by atomic mass is 10.2.